The molecular weight excluding hydrogens is 268 g/mol. The molecule has 0 bridgehead atoms. The van der Waals surface area contributed by atoms with E-state index in [1.165, 1.54) is 12.1 Å². The van der Waals surface area contributed by atoms with Gasteiger partial charge in [0.25, 0.3) is 5.91 Å². The zero-order valence-corrected chi connectivity index (χ0v) is 11.6. The first-order chi connectivity index (χ1) is 9.02. The summed E-state index contributed by atoms with van der Waals surface area (Å²) in [6.07, 6.45) is -0.0281. The number of carbonyl (C=O) groups is 2. The lowest BCUT2D eigenvalue weighted by molar-refractivity contribution is -0.153. The first kappa shape index (κ1) is 16.1. The maximum absolute atomic E-state index is 13.3. The van der Waals surface area contributed by atoms with Crippen molar-refractivity contribution in [3.8, 4) is 0 Å². The summed E-state index contributed by atoms with van der Waals surface area (Å²) in [6, 6.07) is 4.83. The second-order valence-corrected chi connectivity index (χ2v) is 5.40. The monoisotopic (exact) mass is 285 g/mol. The molecule has 110 valence electrons. The Morgan fingerprint density at radius 3 is 2.05 bits per heavy atom. The molecule has 0 saturated heterocycles. The van der Waals surface area contributed by atoms with Crippen LogP contribution in [0.5, 0.6) is 0 Å². The Bertz CT molecular complexity index is 504. The summed E-state index contributed by atoms with van der Waals surface area (Å²) >= 11 is 0. The van der Waals surface area contributed by atoms with E-state index >= 15 is 0 Å². The number of alkyl halides is 2. The van der Waals surface area contributed by atoms with E-state index < -0.39 is 29.0 Å². The summed E-state index contributed by atoms with van der Waals surface area (Å²) in [5.41, 5.74) is 4.04. The highest BCUT2D eigenvalue weighted by Crippen LogP contribution is 2.27. The van der Waals surface area contributed by atoms with Gasteiger partial charge in [-0.25, -0.2) is 0 Å². The summed E-state index contributed by atoms with van der Waals surface area (Å²) in [4.78, 5) is 22.2. The van der Waals surface area contributed by atoms with Gasteiger partial charge in [0.05, 0.1) is 6.42 Å². The van der Waals surface area contributed by atoms with E-state index in [0.717, 1.165) is 12.1 Å². The van der Waals surface area contributed by atoms with Crippen LogP contribution in [0, 0.1) is 0 Å². The maximum atomic E-state index is 13.3. The van der Waals surface area contributed by atoms with E-state index in [1.54, 1.807) is 20.8 Å². The van der Waals surface area contributed by atoms with Crippen LogP contribution in [0.1, 0.15) is 31.9 Å². The van der Waals surface area contributed by atoms with Crippen molar-refractivity contribution >= 4 is 11.9 Å². The number of amides is 1. The number of ether oxygens (including phenoxy) is 1. The third kappa shape index (κ3) is 4.29. The Labute approximate surface area is 115 Å². The van der Waals surface area contributed by atoms with Gasteiger partial charge in [0.15, 0.2) is 0 Å². The number of benzene rings is 1. The van der Waals surface area contributed by atoms with Crippen molar-refractivity contribution in [2.75, 3.05) is 0 Å². The molecule has 0 saturated carbocycles. The predicted molar refractivity (Wildman–Crippen MR) is 69.1 cm³/mol. The van der Waals surface area contributed by atoms with Crippen LogP contribution < -0.4 is 5.73 Å². The third-order valence-electron chi connectivity index (χ3n) is 2.39. The number of hydrogen-bond donors (Lipinski definition) is 1. The zero-order chi connectivity index (χ0) is 15.6. The Morgan fingerprint density at radius 1 is 1.15 bits per heavy atom. The van der Waals surface area contributed by atoms with Crippen molar-refractivity contribution in [3.63, 3.8) is 0 Å². The Kier molecular flexibility index (Phi) is 4.47. The van der Waals surface area contributed by atoms with Gasteiger partial charge in [-0.3, -0.25) is 9.59 Å². The molecule has 1 amide bonds. The number of hydrogen-bond acceptors (Lipinski definition) is 3. The quantitative estimate of drug-likeness (QED) is 0.862. The summed E-state index contributed by atoms with van der Waals surface area (Å²) < 4.78 is 31.8. The second kappa shape index (κ2) is 5.56. The first-order valence-corrected chi connectivity index (χ1v) is 6.01. The van der Waals surface area contributed by atoms with E-state index in [0.29, 0.717) is 5.56 Å². The topological polar surface area (TPSA) is 69.4 Å². The molecule has 2 N–H and O–H groups in total. The Hall–Kier alpha value is -1.98. The summed E-state index contributed by atoms with van der Waals surface area (Å²) in [6.45, 7) is 5.21. The SMILES string of the molecule is CC(C)(C)OC(=O)Cc1ccc(C(F)(F)C(N)=O)cc1. The number of rotatable bonds is 4. The molecule has 1 aromatic rings. The van der Waals surface area contributed by atoms with E-state index in [-0.39, 0.29) is 6.42 Å². The van der Waals surface area contributed by atoms with Gasteiger partial charge in [-0.2, -0.15) is 8.78 Å². The van der Waals surface area contributed by atoms with Crippen LogP contribution in [-0.4, -0.2) is 17.5 Å². The minimum atomic E-state index is -3.72. The lowest BCUT2D eigenvalue weighted by Crippen LogP contribution is -2.32. The fraction of sp³-hybridized carbons (Fsp3) is 0.429. The molecule has 6 heteroatoms. The molecule has 0 fully saturated rings. The molecule has 0 aliphatic heterocycles. The van der Waals surface area contributed by atoms with Crippen molar-refractivity contribution < 1.29 is 23.1 Å². The number of primary amides is 1. The van der Waals surface area contributed by atoms with Crippen LogP contribution >= 0.6 is 0 Å². The fourth-order valence-corrected chi connectivity index (χ4v) is 1.52. The highest BCUT2D eigenvalue weighted by atomic mass is 19.3. The van der Waals surface area contributed by atoms with Crippen LogP contribution in [0.3, 0.4) is 0 Å². The number of carbonyl (C=O) groups excluding carboxylic acids is 2. The molecule has 4 nitrogen and oxygen atoms in total. The molecule has 0 unspecified atom stereocenters. The summed E-state index contributed by atoms with van der Waals surface area (Å²) in [5.74, 6) is -5.88. The standard InChI is InChI=1S/C14H17F2NO3/c1-13(2,3)20-11(18)8-9-4-6-10(7-5-9)14(15,16)12(17)19/h4-7H,8H2,1-3H3,(H2,17,19). The van der Waals surface area contributed by atoms with E-state index in [4.69, 9.17) is 4.74 Å². The summed E-state index contributed by atoms with van der Waals surface area (Å²) in [7, 11) is 0. The van der Waals surface area contributed by atoms with Crippen LogP contribution in [0.2, 0.25) is 0 Å². The molecular formula is C14H17F2NO3. The molecule has 0 aromatic heterocycles. The van der Waals surface area contributed by atoms with Crippen molar-refractivity contribution in [1.29, 1.82) is 0 Å². The van der Waals surface area contributed by atoms with Gasteiger partial charge in [0.2, 0.25) is 0 Å². The molecule has 0 spiro atoms. The number of halogens is 2. The van der Waals surface area contributed by atoms with Crippen LogP contribution in [-0.2, 0) is 26.7 Å². The van der Waals surface area contributed by atoms with Crippen molar-refractivity contribution in [2.24, 2.45) is 5.73 Å². The first-order valence-electron chi connectivity index (χ1n) is 6.01. The van der Waals surface area contributed by atoms with Crippen LogP contribution in [0.15, 0.2) is 24.3 Å². The minimum Gasteiger partial charge on any atom is -0.460 e. The van der Waals surface area contributed by atoms with Gasteiger partial charge in [-0.1, -0.05) is 24.3 Å². The highest BCUT2D eigenvalue weighted by molar-refractivity contribution is 5.83. The third-order valence-corrected chi connectivity index (χ3v) is 2.39. The molecule has 1 rings (SSSR count). The fourth-order valence-electron chi connectivity index (χ4n) is 1.52. The lowest BCUT2D eigenvalue weighted by Gasteiger charge is -2.19. The molecule has 0 atom stereocenters. The van der Waals surface area contributed by atoms with Crippen LogP contribution in [0.4, 0.5) is 8.78 Å². The molecule has 1 aromatic carbocycles. The van der Waals surface area contributed by atoms with Gasteiger partial charge < -0.3 is 10.5 Å². The van der Waals surface area contributed by atoms with Gasteiger partial charge in [-0.05, 0) is 26.3 Å². The average Bonchev–Trinajstić information content (AvgIpc) is 2.26. The number of esters is 1. The average molecular weight is 285 g/mol. The predicted octanol–water partition coefficient (Wildman–Crippen LogP) is 2.15. The largest absolute Gasteiger partial charge is 0.460 e. The molecule has 0 heterocycles. The second-order valence-electron chi connectivity index (χ2n) is 5.40. The van der Waals surface area contributed by atoms with Gasteiger partial charge in [0, 0.05) is 5.56 Å². The van der Waals surface area contributed by atoms with Crippen LogP contribution in [0.25, 0.3) is 0 Å². The molecule has 20 heavy (non-hydrogen) atoms. The Morgan fingerprint density at radius 2 is 1.65 bits per heavy atom. The minimum absolute atomic E-state index is 0.0281. The molecule has 0 radical (unpaired) electrons. The normalized spacial score (nSPS) is 12.1. The molecule has 0 aliphatic rings. The van der Waals surface area contributed by atoms with Crippen molar-refractivity contribution in [1.82, 2.24) is 0 Å². The molecule has 0 aliphatic carbocycles. The lowest BCUT2D eigenvalue weighted by atomic mass is 10.0. The van der Waals surface area contributed by atoms with Gasteiger partial charge >= 0.3 is 11.9 Å². The highest BCUT2D eigenvalue weighted by Gasteiger charge is 2.38. The van der Waals surface area contributed by atoms with Crippen molar-refractivity contribution in [3.05, 3.63) is 35.4 Å². The Balaban J connectivity index is 2.78. The smallest absolute Gasteiger partial charge is 0.349 e. The van der Waals surface area contributed by atoms with Gasteiger partial charge in [-0.15, -0.1) is 0 Å². The maximum Gasteiger partial charge on any atom is 0.349 e. The summed E-state index contributed by atoms with van der Waals surface area (Å²) in [5, 5.41) is 0. The van der Waals surface area contributed by atoms with Crippen molar-refractivity contribution in [2.45, 2.75) is 38.7 Å². The zero-order valence-electron chi connectivity index (χ0n) is 11.6. The van der Waals surface area contributed by atoms with E-state index in [9.17, 15) is 18.4 Å². The number of nitrogens with two attached hydrogens (primary N) is 1. The van der Waals surface area contributed by atoms with Gasteiger partial charge in [0.1, 0.15) is 5.60 Å². The van der Waals surface area contributed by atoms with E-state index in [2.05, 4.69) is 5.73 Å². The van der Waals surface area contributed by atoms with E-state index in [1.807, 2.05) is 0 Å².